The zero-order chi connectivity index (χ0) is 8.54. The molecule has 0 atom stereocenters. The van der Waals surface area contributed by atoms with Crippen molar-refractivity contribution >= 4 is 0 Å². The molecule has 0 spiro atoms. The zero-order valence-electron chi connectivity index (χ0n) is 7.78. The highest BCUT2D eigenvalue weighted by atomic mass is 14.5. The Balaban J connectivity index is 2.29. The van der Waals surface area contributed by atoms with Crippen molar-refractivity contribution in [2.45, 2.75) is 46.5 Å². The minimum atomic E-state index is 0.104. The molecular weight excluding hydrogens is 134 g/mol. The summed E-state index contributed by atoms with van der Waals surface area (Å²) in [6.45, 7) is 6.71. The van der Waals surface area contributed by atoms with Gasteiger partial charge in [0.15, 0.2) is 0 Å². The van der Waals surface area contributed by atoms with Crippen LogP contribution in [0.25, 0.3) is 0 Å². The maximum Gasteiger partial charge on any atom is 0.0689 e. The van der Waals surface area contributed by atoms with Gasteiger partial charge in [-0.05, 0) is 31.1 Å². The van der Waals surface area contributed by atoms with E-state index in [1.165, 1.54) is 6.42 Å². The summed E-state index contributed by atoms with van der Waals surface area (Å²) in [5.41, 5.74) is 0.500. The molecule has 0 bridgehead atoms. The minimum Gasteiger partial charge on any atom is -0.198 e. The van der Waals surface area contributed by atoms with Crippen LogP contribution in [0.15, 0.2) is 0 Å². The van der Waals surface area contributed by atoms with Crippen LogP contribution in [0.3, 0.4) is 0 Å². The smallest absolute Gasteiger partial charge is 0.0689 e. The van der Waals surface area contributed by atoms with Crippen LogP contribution in [0, 0.1) is 22.2 Å². The lowest BCUT2D eigenvalue weighted by Crippen LogP contribution is -2.08. The molecule has 0 aromatic rings. The predicted molar refractivity (Wildman–Crippen MR) is 46.0 cm³/mol. The van der Waals surface area contributed by atoms with Crippen molar-refractivity contribution in [3.63, 3.8) is 0 Å². The standard InChI is InChI=1S/C10H17N/c1-9(2,3)4-5-10(8-11)6-7-10/h4-7H2,1-3H3. The Kier molecular flexibility index (Phi) is 1.96. The lowest BCUT2D eigenvalue weighted by molar-refractivity contribution is 0.337. The number of hydrogen-bond donors (Lipinski definition) is 0. The average Bonchev–Trinajstić information content (AvgIpc) is 2.63. The fourth-order valence-electron chi connectivity index (χ4n) is 1.18. The predicted octanol–water partition coefficient (Wildman–Crippen LogP) is 3.12. The minimum absolute atomic E-state index is 0.104. The van der Waals surface area contributed by atoms with E-state index >= 15 is 0 Å². The van der Waals surface area contributed by atoms with Gasteiger partial charge in [0.1, 0.15) is 0 Å². The van der Waals surface area contributed by atoms with E-state index in [-0.39, 0.29) is 5.41 Å². The molecule has 0 heterocycles. The molecule has 62 valence electrons. The van der Waals surface area contributed by atoms with Crippen LogP contribution in [0.5, 0.6) is 0 Å². The molecule has 1 fully saturated rings. The van der Waals surface area contributed by atoms with Crippen molar-refractivity contribution in [1.82, 2.24) is 0 Å². The highest BCUT2D eigenvalue weighted by molar-refractivity contribution is 5.09. The molecule has 0 amide bonds. The molecule has 0 unspecified atom stereocenters. The molecule has 1 nitrogen and oxygen atoms in total. The molecule has 1 saturated carbocycles. The van der Waals surface area contributed by atoms with Gasteiger partial charge in [0.25, 0.3) is 0 Å². The quantitative estimate of drug-likeness (QED) is 0.595. The second-order valence-electron chi connectivity index (χ2n) is 4.95. The molecule has 0 aliphatic heterocycles. The maximum absolute atomic E-state index is 8.80. The normalized spacial score (nSPS) is 20.9. The molecule has 0 saturated heterocycles. The lowest BCUT2D eigenvalue weighted by Gasteiger charge is -2.19. The fourth-order valence-corrected chi connectivity index (χ4v) is 1.18. The zero-order valence-corrected chi connectivity index (χ0v) is 7.78. The Morgan fingerprint density at radius 3 is 2.18 bits per heavy atom. The van der Waals surface area contributed by atoms with E-state index in [1.807, 2.05) is 0 Å². The van der Waals surface area contributed by atoms with E-state index in [2.05, 4.69) is 26.8 Å². The topological polar surface area (TPSA) is 23.8 Å². The molecular formula is C10H17N. The second kappa shape index (κ2) is 2.52. The van der Waals surface area contributed by atoms with Gasteiger partial charge in [-0.1, -0.05) is 20.8 Å². The molecule has 0 aromatic carbocycles. The first kappa shape index (κ1) is 8.59. The largest absolute Gasteiger partial charge is 0.198 e. The summed E-state index contributed by atoms with van der Waals surface area (Å²) >= 11 is 0. The Labute approximate surface area is 69.4 Å². The third kappa shape index (κ3) is 2.54. The highest BCUT2D eigenvalue weighted by Crippen LogP contribution is 2.50. The summed E-state index contributed by atoms with van der Waals surface area (Å²) in [5.74, 6) is 0. The Hall–Kier alpha value is -0.510. The number of hydrogen-bond acceptors (Lipinski definition) is 1. The van der Waals surface area contributed by atoms with E-state index in [4.69, 9.17) is 5.26 Å². The first-order chi connectivity index (χ1) is 4.97. The van der Waals surface area contributed by atoms with Crippen LogP contribution >= 0.6 is 0 Å². The summed E-state index contributed by atoms with van der Waals surface area (Å²) in [6, 6.07) is 2.42. The molecule has 11 heavy (non-hydrogen) atoms. The average molecular weight is 151 g/mol. The van der Waals surface area contributed by atoms with Crippen LogP contribution in [0.4, 0.5) is 0 Å². The Bertz CT molecular complexity index is 176. The molecule has 1 aliphatic carbocycles. The van der Waals surface area contributed by atoms with Crippen molar-refractivity contribution in [1.29, 1.82) is 5.26 Å². The lowest BCUT2D eigenvalue weighted by atomic mass is 9.86. The van der Waals surface area contributed by atoms with Crippen LogP contribution < -0.4 is 0 Å². The van der Waals surface area contributed by atoms with Gasteiger partial charge in [0.05, 0.1) is 11.5 Å². The molecule has 0 aromatic heterocycles. The van der Waals surface area contributed by atoms with E-state index in [0.717, 1.165) is 19.3 Å². The van der Waals surface area contributed by atoms with E-state index < -0.39 is 0 Å². The number of nitriles is 1. The maximum atomic E-state index is 8.80. The molecule has 0 radical (unpaired) electrons. The van der Waals surface area contributed by atoms with Gasteiger partial charge in [0.2, 0.25) is 0 Å². The van der Waals surface area contributed by atoms with Crippen LogP contribution in [0.2, 0.25) is 0 Å². The highest BCUT2D eigenvalue weighted by Gasteiger charge is 2.42. The van der Waals surface area contributed by atoms with Gasteiger partial charge in [-0.2, -0.15) is 5.26 Å². The summed E-state index contributed by atoms with van der Waals surface area (Å²) in [4.78, 5) is 0. The SMILES string of the molecule is CC(C)(C)CCC1(C#N)CC1. The van der Waals surface area contributed by atoms with Crippen molar-refractivity contribution in [3.8, 4) is 6.07 Å². The van der Waals surface area contributed by atoms with Crippen molar-refractivity contribution in [2.75, 3.05) is 0 Å². The first-order valence-electron chi connectivity index (χ1n) is 4.39. The van der Waals surface area contributed by atoms with Gasteiger partial charge in [-0.3, -0.25) is 0 Å². The molecule has 1 heteroatoms. The van der Waals surface area contributed by atoms with Crippen LogP contribution in [0.1, 0.15) is 46.5 Å². The number of nitrogens with zero attached hydrogens (tertiary/aromatic N) is 1. The Morgan fingerprint density at radius 2 is 1.91 bits per heavy atom. The van der Waals surface area contributed by atoms with Crippen LogP contribution in [-0.2, 0) is 0 Å². The third-order valence-electron chi connectivity index (χ3n) is 2.44. The van der Waals surface area contributed by atoms with E-state index in [1.54, 1.807) is 0 Å². The van der Waals surface area contributed by atoms with Gasteiger partial charge < -0.3 is 0 Å². The molecule has 1 aliphatic rings. The molecule has 0 N–H and O–H groups in total. The van der Waals surface area contributed by atoms with E-state index in [0.29, 0.717) is 5.41 Å². The van der Waals surface area contributed by atoms with Gasteiger partial charge in [0, 0.05) is 0 Å². The summed E-state index contributed by atoms with van der Waals surface area (Å²) in [6.07, 6.45) is 4.56. The summed E-state index contributed by atoms with van der Waals surface area (Å²) in [7, 11) is 0. The number of rotatable bonds is 2. The second-order valence-corrected chi connectivity index (χ2v) is 4.95. The molecule has 1 rings (SSSR count). The van der Waals surface area contributed by atoms with Crippen molar-refractivity contribution < 1.29 is 0 Å². The third-order valence-corrected chi connectivity index (χ3v) is 2.44. The summed E-state index contributed by atoms with van der Waals surface area (Å²) in [5, 5.41) is 8.80. The van der Waals surface area contributed by atoms with Crippen LogP contribution in [-0.4, -0.2) is 0 Å². The van der Waals surface area contributed by atoms with E-state index in [9.17, 15) is 0 Å². The Morgan fingerprint density at radius 1 is 1.36 bits per heavy atom. The van der Waals surface area contributed by atoms with Gasteiger partial charge in [-0.25, -0.2) is 0 Å². The monoisotopic (exact) mass is 151 g/mol. The van der Waals surface area contributed by atoms with Gasteiger partial charge in [-0.15, -0.1) is 0 Å². The summed E-state index contributed by atoms with van der Waals surface area (Å²) < 4.78 is 0. The fraction of sp³-hybridized carbons (Fsp3) is 0.900. The van der Waals surface area contributed by atoms with Gasteiger partial charge >= 0.3 is 0 Å². The van der Waals surface area contributed by atoms with Crippen molar-refractivity contribution in [3.05, 3.63) is 0 Å². The first-order valence-corrected chi connectivity index (χ1v) is 4.39. The van der Waals surface area contributed by atoms with Crippen molar-refractivity contribution in [2.24, 2.45) is 10.8 Å².